The summed E-state index contributed by atoms with van der Waals surface area (Å²) in [6.07, 6.45) is 0. The van der Waals surface area contributed by atoms with E-state index < -0.39 is 11.7 Å². The molecule has 2 rings (SSSR count). The second-order valence-corrected chi connectivity index (χ2v) is 5.02. The molecule has 1 heterocycles. The first kappa shape index (κ1) is 14.1. The normalized spacial score (nSPS) is 11.4. The molecule has 1 amide bonds. The SMILES string of the molecule is C/C(=N/O)c1csc(NC(=O)c2ccc(C)cc2F)n1. The van der Waals surface area contributed by atoms with Gasteiger partial charge in [-0.05, 0) is 31.5 Å². The van der Waals surface area contributed by atoms with Crippen molar-refractivity contribution in [3.05, 3.63) is 46.2 Å². The fraction of sp³-hybridized carbons (Fsp3) is 0.154. The summed E-state index contributed by atoms with van der Waals surface area (Å²) in [5.41, 5.74) is 1.49. The molecular formula is C13H12FN3O2S. The molecule has 0 spiro atoms. The summed E-state index contributed by atoms with van der Waals surface area (Å²) in [6, 6.07) is 4.38. The molecule has 5 nitrogen and oxygen atoms in total. The number of carbonyl (C=O) groups excluding carboxylic acids is 1. The molecule has 0 radical (unpaired) electrons. The van der Waals surface area contributed by atoms with Gasteiger partial charge in [0.2, 0.25) is 0 Å². The number of hydrogen-bond acceptors (Lipinski definition) is 5. The quantitative estimate of drug-likeness (QED) is 0.519. The maximum absolute atomic E-state index is 13.7. The molecule has 1 aromatic carbocycles. The topological polar surface area (TPSA) is 74.6 Å². The van der Waals surface area contributed by atoms with Gasteiger partial charge < -0.3 is 5.21 Å². The van der Waals surface area contributed by atoms with Crippen molar-refractivity contribution in [3.63, 3.8) is 0 Å². The minimum absolute atomic E-state index is 0.0418. The Bertz CT molecular complexity index is 682. The lowest BCUT2D eigenvalue weighted by Gasteiger charge is -2.03. The fourth-order valence-corrected chi connectivity index (χ4v) is 2.27. The van der Waals surface area contributed by atoms with Gasteiger partial charge in [-0.1, -0.05) is 11.2 Å². The molecule has 0 saturated heterocycles. The third kappa shape index (κ3) is 3.00. The molecule has 0 atom stereocenters. The smallest absolute Gasteiger partial charge is 0.260 e. The highest BCUT2D eigenvalue weighted by Gasteiger charge is 2.14. The number of aryl methyl sites for hydroxylation is 1. The first-order valence-electron chi connectivity index (χ1n) is 5.73. The van der Waals surface area contributed by atoms with Crippen molar-refractivity contribution >= 4 is 28.1 Å². The van der Waals surface area contributed by atoms with Gasteiger partial charge in [-0.2, -0.15) is 0 Å². The summed E-state index contributed by atoms with van der Waals surface area (Å²) < 4.78 is 13.7. The Morgan fingerprint density at radius 1 is 1.50 bits per heavy atom. The number of nitrogens with zero attached hydrogens (tertiary/aromatic N) is 2. The van der Waals surface area contributed by atoms with Crippen LogP contribution in [-0.4, -0.2) is 21.8 Å². The number of aromatic nitrogens is 1. The van der Waals surface area contributed by atoms with Crippen LogP contribution in [-0.2, 0) is 0 Å². The summed E-state index contributed by atoms with van der Waals surface area (Å²) in [5, 5.41) is 16.1. The molecule has 0 bridgehead atoms. The van der Waals surface area contributed by atoms with Crippen LogP contribution in [0.2, 0.25) is 0 Å². The van der Waals surface area contributed by atoms with Gasteiger partial charge in [0.15, 0.2) is 5.13 Å². The van der Waals surface area contributed by atoms with E-state index in [-0.39, 0.29) is 5.56 Å². The average Bonchev–Trinajstić information content (AvgIpc) is 2.86. The minimum Gasteiger partial charge on any atom is -0.411 e. The summed E-state index contributed by atoms with van der Waals surface area (Å²) in [4.78, 5) is 16.0. The van der Waals surface area contributed by atoms with E-state index in [0.29, 0.717) is 16.5 Å². The van der Waals surface area contributed by atoms with Gasteiger partial charge in [-0.25, -0.2) is 9.37 Å². The predicted octanol–water partition coefficient (Wildman–Crippen LogP) is 3.04. The first-order valence-corrected chi connectivity index (χ1v) is 6.61. The van der Waals surface area contributed by atoms with Gasteiger partial charge in [-0.3, -0.25) is 10.1 Å². The molecule has 2 N–H and O–H groups in total. The average molecular weight is 293 g/mol. The Kier molecular flexibility index (Phi) is 4.09. The van der Waals surface area contributed by atoms with Crippen LogP contribution in [0.25, 0.3) is 0 Å². The molecule has 1 aromatic heterocycles. The molecule has 2 aromatic rings. The van der Waals surface area contributed by atoms with Gasteiger partial charge in [-0.15, -0.1) is 11.3 Å². The zero-order chi connectivity index (χ0) is 14.7. The maximum Gasteiger partial charge on any atom is 0.260 e. The van der Waals surface area contributed by atoms with E-state index in [9.17, 15) is 9.18 Å². The predicted molar refractivity (Wildman–Crippen MR) is 75.2 cm³/mol. The molecule has 0 aliphatic heterocycles. The third-order valence-corrected chi connectivity index (χ3v) is 3.37. The number of amides is 1. The Labute approximate surface area is 118 Å². The number of hydrogen-bond donors (Lipinski definition) is 2. The number of oxime groups is 1. The van der Waals surface area contributed by atoms with E-state index in [1.165, 1.54) is 23.5 Å². The Morgan fingerprint density at radius 3 is 2.90 bits per heavy atom. The number of carbonyl (C=O) groups is 1. The maximum atomic E-state index is 13.7. The van der Waals surface area contributed by atoms with Crippen LogP contribution in [0.1, 0.15) is 28.5 Å². The van der Waals surface area contributed by atoms with Crippen LogP contribution < -0.4 is 5.32 Å². The zero-order valence-corrected chi connectivity index (χ0v) is 11.7. The van der Waals surface area contributed by atoms with Crippen molar-refractivity contribution in [1.82, 2.24) is 4.98 Å². The van der Waals surface area contributed by atoms with Crippen LogP contribution in [0.3, 0.4) is 0 Å². The largest absolute Gasteiger partial charge is 0.411 e. The van der Waals surface area contributed by atoms with E-state index >= 15 is 0 Å². The number of halogens is 1. The Hall–Kier alpha value is -2.28. The summed E-state index contributed by atoms with van der Waals surface area (Å²) in [6.45, 7) is 3.33. The van der Waals surface area contributed by atoms with Crippen LogP contribution in [0.15, 0.2) is 28.7 Å². The number of rotatable bonds is 3. The third-order valence-electron chi connectivity index (χ3n) is 2.61. The molecule has 0 fully saturated rings. The fourth-order valence-electron chi connectivity index (χ4n) is 1.52. The van der Waals surface area contributed by atoms with Gasteiger partial charge >= 0.3 is 0 Å². The highest BCUT2D eigenvalue weighted by molar-refractivity contribution is 7.14. The Morgan fingerprint density at radius 2 is 2.25 bits per heavy atom. The van der Waals surface area contributed by atoms with Crippen LogP contribution in [0.4, 0.5) is 9.52 Å². The van der Waals surface area contributed by atoms with Gasteiger partial charge in [0.05, 0.1) is 5.56 Å². The van der Waals surface area contributed by atoms with E-state index in [2.05, 4.69) is 15.5 Å². The molecule has 0 saturated carbocycles. The van der Waals surface area contributed by atoms with E-state index in [1.54, 1.807) is 25.3 Å². The monoisotopic (exact) mass is 293 g/mol. The standard InChI is InChI=1S/C13H12FN3O2S/c1-7-3-4-9(10(14)5-7)12(18)16-13-15-11(6-20-13)8(2)17-19/h3-6,19H,1-2H3,(H,15,16,18)/b17-8-. The second kappa shape index (κ2) is 5.79. The molecular weight excluding hydrogens is 281 g/mol. The van der Waals surface area contributed by atoms with E-state index in [0.717, 1.165) is 5.56 Å². The van der Waals surface area contributed by atoms with Crippen LogP contribution in [0, 0.1) is 12.7 Å². The first-order chi connectivity index (χ1) is 9.51. The Balaban J connectivity index is 2.17. The number of benzene rings is 1. The lowest BCUT2D eigenvalue weighted by atomic mass is 10.1. The van der Waals surface area contributed by atoms with Crippen molar-refractivity contribution in [1.29, 1.82) is 0 Å². The zero-order valence-electron chi connectivity index (χ0n) is 10.8. The number of thiazole rings is 1. The van der Waals surface area contributed by atoms with E-state index in [4.69, 9.17) is 5.21 Å². The molecule has 0 aliphatic carbocycles. The second-order valence-electron chi connectivity index (χ2n) is 4.16. The molecule has 0 aliphatic rings. The summed E-state index contributed by atoms with van der Waals surface area (Å²) in [7, 11) is 0. The molecule has 104 valence electrons. The highest BCUT2D eigenvalue weighted by Crippen LogP contribution is 2.18. The number of anilines is 1. The van der Waals surface area contributed by atoms with Crippen LogP contribution >= 0.6 is 11.3 Å². The lowest BCUT2D eigenvalue weighted by molar-refractivity contribution is 0.102. The highest BCUT2D eigenvalue weighted by atomic mass is 32.1. The lowest BCUT2D eigenvalue weighted by Crippen LogP contribution is -2.14. The van der Waals surface area contributed by atoms with Crippen molar-refractivity contribution in [2.24, 2.45) is 5.16 Å². The van der Waals surface area contributed by atoms with E-state index in [1.807, 2.05) is 0 Å². The van der Waals surface area contributed by atoms with Crippen molar-refractivity contribution in [3.8, 4) is 0 Å². The van der Waals surface area contributed by atoms with Gasteiger partial charge in [0.1, 0.15) is 17.2 Å². The molecule has 20 heavy (non-hydrogen) atoms. The van der Waals surface area contributed by atoms with Crippen molar-refractivity contribution < 1.29 is 14.4 Å². The summed E-state index contributed by atoms with van der Waals surface area (Å²) in [5.74, 6) is -1.14. The van der Waals surface area contributed by atoms with Crippen LogP contribution in [0.5, 0.6) is 0 Å². The molecule has 0 unspecified atom stereocenters. The molecule has 7 heteroatoms. The van der Waals surface area contributed by atoms with Gasteiger partial charge in [0, 0.05) is 5.38 Å². The number of nitrogens with one attached hydrogen (secondary N) is 1. The van der Waals surface area contributed by atoms with Crippen molar-refractivity contribution in [2.75, 3.05) is 5.32 Å². The van der Waals surface area contributed by atoms with Gasteiger partial charge in [0.25, 0.3) is 5.91 Å². The van der Waals surface area contributed by atoms with Crippen molar-refractivity contribution in [2.45, 2.75) is 13.8 Å². The summed E-state index contributed by atoms with van der Waals surface area (Å²) >= 11 is 1.17. The minimum atomic E-state index is -0.576.